The van der Waals surface area contributed by atoms with Gasteiger partial charge in [0.1, 0.15) is 0 Å². The van der Waals surface area contributed by atoms with E-state index in [9.17, 15) is 8.78 Å². The van der Waals surface area contributed by atoms with E-state index in [2.05, 4.69) is 33.0 Å². The minimum atomic E-state index is -0.777. The highest BCUT2D eigenvalue weighted by Crippen LogP contribution is 2.18. The molecule has 102 valence electrons. The van der Waals surface area contributed by atoms with Crippen molar-refractivity contribution >= 4 is 0 Å². The van der Waals surface area contributed by atoms with Gasteiger partial charge in [0.15, 0.2) is 11.6 Å². The average Bonchev–Trinajstić information content (AvgIpc) is 2.30. The van der Waals surface area contributed by atoms with E-state index < -0.39 is 11.6 Å². The highest BCUT2D eigenvalue weighted by molar-refractivity contribution is 5.18. The first-order valence-corrected chi connectivity index (χ1v) is 6.57. The predicted octanol–water partition coefficient (Wildman–Crippen LogP) is 3.78. The summed E-state index contributed by atoms with van der Waals surface area (Å²) in [5.74, 6) is -0.602. The zero-order valence-corrected chi connectivity index (χ0v) is 11.6. The first-order valence-electron chi connectivity index (χ1n) is 6.57. The van der Waals surface area contributed by atoms with E-state index in [1.165, 1.54) is 12.1 Å². The molecule has 1 nitrogen and oxygen atoms in total. The minimum Gasteiger partial charge on any atom is -0.314 e. The summed E-state index contributed by atoms with van der Waals surface area (Å²) in [5, 5.41) is 3.40. The van der Waals surface area contributed by atoms with E-state index in [1.54, 1.807) is 6.07 Å². The summed E-state index contributed by atoms with van der Waals surface area (Å²) in [5.41, 5.74) is 0.859. The second kappa shape index (κ2) is 6.83. The van der Waals surface area contributed by atoms with E-state index in [0.29, 0.717) is 17.9 Å². The van der Waals surface area contributed by atoms with Crippen molar-refractivity contribution in [2.45, 2.75) is 40.2 Å². The molecule has 0 aromatic heterocycles. The van der Waals surface area contributed by atoms with Gasteiger partial charge in [0.05, 0.1) is 0 Å². The van der Waals surface area contributed by atoms with Crippen LogP contribution in [0.15, 0.2) is 18.2 Å². The van der Waals surface area contributed by atoms with Crippen LogP contribution in [0.1, 0.15) is 33.3 Å². The Bertz CT molecular complexity index is 377. The van der Waals surface area contributed by atoms with Crippen LogP contribution in [-0.4, -0.2) is 12.6 Å². The maximum Gasteiger partial charge on any atom is 0.159 e. The highest BCUT2D eigenvalue weighted by Gasteiger charge is 2.14. The molecular weight excluding hydrogens is 232 g/mol. The summed E-state index contributed by atoms with van der Waals surface area (Å²) < 4.78 is 25.9. The summed E-state index contributed by atoms with van der Waals surface area (Å²) in [4.78, 5) is 0. The van der Waals surface area contributed by atoms with Gasteiger partial charge in [-0.1, -0.05) is 33.8 Å². The Morgan fingerprint density at radius 2 is 1.67 bits per heavy atom. The predicted molar refractivity (Wildman–Crippen MR) is 71.5 cm³/mol. The van der Waals surface area contributed by atoms with Gasteiger partial charge in [-0.25, -0.2) is 8.78 Å². The van der Waals surface area contributed by atoms with E-state index >= 15 is 0 Å². The quantitative estimate of drug-likeness (QED) is 0.815. The summed E-state index contributed by atoms with van der Waals surface area (Å²) in [6.45, 7) is 9.51. The third kappa shape index (κ3) is 4.73. The van der Waals surface area contributed by atoms with Gasteiger partial charge in [0.2, 0.25) is 0 Å². The molecule has 0 saturated heterocycles. The normalized spacial score (nSPS) is 14.8. The Balaban J connectivity index is 2.52. The van der Waals surface area contributed by atoms with Crippen molar-refractivity contribution in [1.82, 2.24) is 5.32 Å². The third-order valence-corrected chi connectivity index (χ3v) is 3.36. The Morgan fingerprint density at radius 1 is 1.00 bits per heavy atom. The summed E-state index contributed by atoms with van der Waals surface area (Å²) in [6.07, 6.45) is 0.776. The first-order chi connectivity index (χ1) is 8.40. The molecule has 0 bridgehead atoms. The maximum absolute atomic E-state index is 13.1. The number of hydrogen-bond donors (Lipinski definition) is 1. The summed E-state index contributed by atoms with van der Waals surface area (Å²) in [7, 11) is 0. The van der Waals surface area contributed by atoms with Gasteiger partial charge in [-0.15, -0.1) is 0 Å². The smallest absolute Gasteiger partial charge is 0.159 e. The van der Waals surface area contributed by atoms with Crippen molar-refractivity contribution in [3.05, 3.63) is 35.4 Å². The second-order valence-corrected chi connectivity index (χ2v) is 5.47. The van der Waals surface area contributed by atoms with Crippen molar-refractivity contribution in [1.29, 1.82) is 0 Å². The zero-order valence-electron chi connectivity index (χ0n) is 11.6. The minimum absolute atomic E-state index is 0.432. The molecule has 1 aromatic carbocycles. The van der Waals surface area contributed by atoms with Gasteiger partial charge in [-0.05, 0) is 42.5 Å². The molecule has 1 rings (SSSR count). The Morgan fingerprint density at radius 3 is 2.22 bits per heavy atom. The average molecular weight is 255 g/mol. The molecule has 0 saturated carbocycles. The number of benzene rings is 1. The van der Waals surface area contributed by atoms with Crippen LogP contribution in [0.5, 0.6) is 0 Å². The first kappa shape index (κ1) is 15.1. The summed E-state index contributed by atoms with van der Waals surface area (Å²) in [6, 6.07) is 4.64. The lowest BCUT2D eigenvalue weighted by atomic mass is 9.89. The lowest BCUT2D eigenvalue weighted by Gasteiger charge is -2.21. The molecule has 0 aliphatic heterocycles. The molecule has 1 aromatic rings. The monoisotopic (exact) mass is 255 g/mol. The van der Waals surface area contributed by atoms with E-state index in [4.69, 9.17) is 0 Å². The fourth-order valence-corrected chi connectivity index (χ4v) is 1.86. The molecule has 0 heterocycles. The van der Waals surface area contributed by atoms with Crippen molar-refractivity contribution in [3.8, 4) is 0 Å². The van der Waals surface area contributed by atoms with E-state index in [0.717, 1.165) is 18.5 Å². The van der Waals surface area contributed by atoms with Crippen LogP contribution in [0.2, 0.25) is 0 Å². The molecule has 0 aliphatic carbocycles. The standard InChI is InChI=1S/C15H23F2N/c1-10(2)18-9-12(4)11(3)7-13-5-6-14(16)15(17)8-13/h5-6,8,10-12,18H,7,9H2,1-4H3. The summed E-state index contributed by atoms with van der Waals surface area (Å²) >= 11 is 0. The Kier molecular flexibility index (Phi) is 5.73. The third-order valence-electron chi connectivity index (χ3n) is 3.36. The van der Waals surface area contributed by atoms with Crippen LogP contribution in [0.25, 0.3) is 0 Å². The molecular formula is C15H23F2N. The van der Waals surface area contributed by atoms with Gasteiger partial charge in [0.25, 0.3) is 0 Å². The van der Waals surface area contributed by atoms with Gasteiger partial charge >= 0.3 is 0 Å². The van der Waals surface area contributed by atoms with Crippen LogP contribution >= 0.6 is 0 Å². The van der Waals surface area contributed by atoms with E-state index in [1.807, 2.05) is 0 Å². The number of nitrogens with one attached hydrogen (secondary N) is 1. The molecule has 2 atom stereocenters. The molecule has 2 unspecified atom stereocenters. The molecule has 0 amide bonds. The van der Waals surface area contributed by atoms with Crippen molar-refractivity contribution < 1.29 is 8.78 Å². The second-order valence-electron chi connectivity index (χ2n) is 5.47. The van der Waals surface area contributed by atoms with Gasteiger partial charge < -0.3 is 5.32 Å². The van der Waals surface area contributed by atoms with Crippen LogP contribution in [-0.2, 0) is 6.42 Å². The fraction of sp³-hybridized carbons (Fsp3) is 0.600. The maximum atomic E-state index is 13.1. The fourth-order valence-electron chi connectivity index (χ4n) is 1.86. The Hall–Kier alpha value is -0.960. The number of hydrogen-bond acceptors (Lipinski definition) is 1. The number of halogens is 2. The lowest BCUT2D eigenvalue weighted by molar-refractivity contribution is 0.353. The van der Waals surface area contributed by atoms with Crippen LogP contribution in [0.3, 0.4) is 0 Å². The highest BCUT2D eigenvalue weighted by atomic mass is 19.2. The van der Waals surface area contributed by atoms with Crippen molar-refractivity contribution in [2.75, 3.05) is 6.54 Å². The number of rotatable bonds is 6. The molecule has 18 heavy (non-hydrogen) atoms. The van der Waals surface area contributed by atoms with Crippen LogP contribution in [0.4, 0.5) is 8.78 Å². The zero-order chi connectivity index (χ0) is 13.7. The topological polar surface area (TPSA) is 12.0 Å². The molecule has 1 N–H and O–H groups in total. The largest absolute Gasteiger partial charge is 0.314 e. The van der Waals surface area contributed by atoms with Crippen LogP contribution in [0, 0.1) is 23.5 Å². The van der Waals surface area contributed by atoms with Gasteiger partial charge in [-0.2, -0.15) is 0 Å². The van der Waals surface area contributed by atoms with Gasteiger partial charge in [0, 0.05) is 6.04 Å². The SMILES string of the molecule is CC(C)NCC(C)C(C)Cc1ccc(F)c(F)c1. The molecule has 0 spiro atoms. The van der Waals surface area contributed by atoms with Crippen molar-refractivity contribution in [2.24, 2.45) is 11.8 Å². The molecule has 0 fully saturated rings. The molecule has 0 aliphatic rings. The lowest BCUT2D eigenvalue weighted by Crippen LogP contribution is -2.31. The molecule has 0 radical (unpaired) electrons. The molecule has 3 heteroatoms. The van der Waals surface area contributed by atoms with Gasteiger partial charge in [-0.3, -0.25) is 0 Å². The van der Waals surface area contributed by atoms with Crippen LogP contribution < -0.4 is 5.32 Å². The van der Waals surface area contributed by atoms with Crippen molar-refractivity contribution in [3.63, 3.8) is 0 Å². The van der Waals surface area contributed by atoms with E-state index in [-0.39, 0.29) is 0 Å². The Labute approximate surface area is 109 Å².